The summed E-state index contributed by atoms with van der Waals surface area (Å²) in [6.45, 7) is 3.72. The highest BCUT2D eigenvalue weighted by Gasteiger charge is 2.32. The zero-order chi connectivity index (χ0) is 26.7. The van der Waals surface area contributed by atoms with E-state index < -0.39 is 29.4 Å². The predicted octanol–water partition coefficient (Wildman–Crippen LogP) is 8.32. The van der Waals surface area contributed by atoms with Crippen LogP contribution in [-0.2, 0) is 15.7 Å². The smallest absolute Gasteiger partial charge is 0.416 e. The lowest BCUT2D eigenvalue weighted by Crippen LogP contribution is -2.14. The Bertz CT molecular complexity index is 954. The molecule has 0 radical (unpaired) electrons. The Morgan fingerprint density at radius 1 is 0.806 bits per heavy atom. The second-order valence-electron chi connectivity index (χ2n) is 7.65. The molecule has 1 rings (SSSR count). The van der Waals surface area contributed by atoms with Crippen molar-refractivity contribution in [1.29, 1.82) is 0 Å². The number of halogens is 3. The molecule has 0 saturated carbocycles. The van der Waals surface area contributed by atoms with Gasteiger partial charge in [0.05, 0.1) is 12.2 Å². The predicted molar refractivity (Wildman–Crippen MR) is 137 cm³/mol. The topological polar surface area (TPSA) is 52.6 Å². The fourth-order valence-corrected chi connectivity index (χ4v) is 2.90. The molecule has 36 heavy (non-hydrogen) atoms. The number of carbonyl (C=O) groups excluding carboxylic acids is 2. The molecule has 0 fully saturated rings. The van der Waals surface area contributed by atoms with Crippen LogP contribution < -0.4 is 4.74 Å². The minimum absolute atomic E-state index is 0.0385. The maximum absolute atomic E-state index is 13.0. The van der Waals surface area contributed by atoms with Crippen LogP contribution in [0.15, 0.2) is 79.0 Å². The van der Waals surface area contributed by atoms with Crippen LogP contribution in [-0.4, -0.2) is 18.5 Å². The number of ether oxygens (including phenoxy) is 2. The Kier molecular flexibility index (Phi) is 15.3. The number of hydrogen-bond acceptors (Lipinski definition) is 4. The first-order valence-electron chi connectivity index (χ1n) is 12.1. The quantitative estimate of drug-likeness (QED) is 0.137. The molecule has 0 bridgehead atoms. The van der Waals surface area contributed by atoms with Crippen molar-refractivity contribution in [2.75, 3.05) is 6.61 Å². The van der Waals surface area contributed by atoms with Crippen LogP contribution in [0.2, 0.25) is 0 Å². The molecule has 0 heterocycles. The number of esters is 2. The molecule has 0 unspecified atom stereocenters. The average Bonchev–Trinajstić information content (AvgIpc) is 2.83. The van der Waals surface area contributed by atoms with Crippen LogP contribution in [0.1, 0.15) is 74.7 Å². The minimum Gasteiger partial charge on any atom is -0.462 e. The van der Waals surface area contributed by atoms with Crippen molar-refractivity contribution in [3.05, 3.63) is 90.1 Å². The fourth-order valence-electron chi connectivity index (χ4n) is 2.90. The normalized spacial score (nSPS) is 12.6. The van der Waals surface area contributed by atoms with Gasteiger partial charge in [-0.15, -0.1) is 0 Å². The SMILES string of the molecule is CC/C=C\C/C=C\C/C=C\C/C=C\C/C=C\CCC(=O)Oc1cc(C(F)(F)F)ccc1C(=O)OCC. The van der Waals surface area contributed by atoms with Crippen molar-refractivity contribution >= 4 is 11.9 Å². The average molecular weight is 505 g/mol. The van der Waals surface area contributed by atoms with E-state index in [1.165, 1.54) is 0 Å². The summed E-state index contributed by atoms with van der Waals surface area (Å²) >= 11 is 0. The lowest BCUT2D eigenvalue weighted by Gasteiger charge is -2.13. The third kappa shape index (κ3) is 13.5. The zero-order valence-corrected chi connectivity index (χ0v) is 20.9. The fraction of sp³-hybridized carbons (Fsp3) is 0.379. The Morgan fingerprint density at radius 2 is 1.33 bits per heavy atom. The number of alkyl halides is 3. The number of benzene rings is 1. The van der Waals surface area contributed by atoms with Crippen LogP contribution in [0.3, 0.4) is 0 Å². The molecule has 0 amide bonds. The molecule has 196 valence electrons. The van der Waals surface area contributed by atoms with E-state index in [1.54, 1.807) is 13.0 Å². The van der Waals surface area contributed by atoms with Gasteiger partial charge in [-0.3, -0.25) is 4.79 Å². The van der Waals surface area contributed by atoms with Crippen molar-refractivity contribution in [2.45, 2.75) is 65.0 Å². The van der Waals surface area contributed by atoms with Gasteiger partial charge in [-0.2, -0.15) is 13.2 Å². The van der Waals surface area contributed by atoms with Crippen molar-refractivity contribution < 1.29 is 32.2 Å². The molecule has 0 saturated heterocycles. The first-order valence-corrected chi connectivity index (χ1v) is 12.1. The van der Waals surface area contributed by atoms with Gasteiger partial charge >= 0.3 is 18.1 Å². The number of carbonyl (C=O) groups is 2. The monoisotopic (exact) mass is 504 g/mol. The highest BCUT2D eigenvalue weighted by atomic mass is 19.4. The second-order valence-corrected chi connectivity index (χ2v) is 7.65. The Morgan fingerprint density at radius 3 is 1.83 bits per heavy atom. The summed E-state index contributed by atoms with van der Waals surface area (Å²) in [5, 5.41) is 0. The van der Waals surface area contributed by atoms with Crippen LogP contribution in [0.5, 0.6) is 5.75 Å². The molecule has 0 N–H and O–H groups in total. The summed E-state index contributed by atoms with van der Waals surface area (Å²) in [4.78, 5) is 24.1. The second kappa shape index (κ2) is 18.0. The third-order valence-electron chi connectivity index (χ3n) is 4.70. The summed E-state index contributed by atoms with van der Waals surface area (Å²) < 4.78 is 49.0. The van der Waals surface area contributed by atoms with Crippen LogP contribution in [0.25, 0.3) is 0 Å². The highest BCUT2D eigenvalue weighted by Crippen LogP contribution is 2.33. The van der Waals surface area contributed by atoms with E-state index in [0.29, 0.717) is 18.9 Å². The summed E-state index contributed by atoms with van der Waals surface area (Å²) in [5.74, 6) is -2.05. The van der Waals surface area contributed by atoms with Crippen LogP contribution in [0, 0.1) is 0 Å². The molecule has 0 aliphatic heterocycles. The summed E-state index contributed by atoms with van der Waals surface area (Å²) in [7, 11) is 0. The van der Waals surface area contributed by atoms with Gasteiger partial charge in [0.25, 0.3) is 0 Å². The van der Waals surface area contributed by atoms with E-state index in [9.17, 15) is 22.8 Å². The molecule has 0 aliphatic carbocycles. The zero-order valence-electron chi connectivity index (χ0n) is 20.9. The van der Waals surface area contributed by atoms with Gasteiger partial charge in [0, 0.05) is 6.42 Å². The van der Waals surface area contributed by atoms with Gasteiger partial charge in [0.15, 0.2) is 0 Å². The van der Waals surface area contributed by atoms with E-state index in [4.69, 9.17) is 9.47 Å². The van der Waals surface area contributed by atoms with E-state index >= 15 is 0 Å². The molecule has 4 nitrogen and oxygen atoms in total. The maximum Gasteiger partial charge on any atom is 0.416 e. The number of hydrogen-bond donors (Lipinski definition) is 0. The Labute approximate surface area is 211 Å². The summed E-state index contributed by atoms with van der Waals surface area (Å²) in [6, 6.07) is 2.34. The van der Waals surface area contributed by atoms with Gasteiger partial charge in [0.1, 0.15) is 11.3 Å². The van der Waals surface area contributed by atoms with Crippen molar-refractivity contribution in [3.8, 4) is 5.75 Å². The lowest BCUT2D eigenvalue weighted by molar-refractivity contribution is -0.139. The molecule has 0 aromatic heterocycles. The van der Waals surface area contributed by atoms with E-state index in [0.717, 1.165) is 37.8 Å². The summed E-state index contributed by atoms with van der Waals surface area (Å²) in [6.07, 6.45) is 20.7. The minimum atomic E-state index is -4.64. The lowest BCUT2D eigenvalue weighted by atomic mass is 10.1. The van der Waals surface area contributed by atoms with Crippen LogP contribution >= 0.6 is 0 Å². The molecule has 7 heteroatoms. The molecule has 0 atom stereocenters. The molecular formula is C29H35F3O4. The molecule has 0 spiro atoms. The number of rotatable bonds is 15. The standard InChI is InChI=1S/C29H35F3O4/c1-3-5-6-7-8-9-10-11-12-13-14-15-16-17-18-19-20-27(33)36-26-23-24(29(30,31)32)21-22-25(26)28(34)35-4-2/h5-6,8-9,11-12,14-15,17-18,21-23H,3-4,7,10,13,16,19-20H2,1-2H3/b6-5-,9-8-,12-11-,15-14-,18-17-. The largest absolute Gasteiger partial charge is 0.462 e. The van der Waals surface area contributed by atoms with Gasteiger partial charge in [0.2, 0.25) is 0 Å². The first-order chi connectivity index (χ1) is 17.3. The molecule has 1 aromatic carbocycles. The van der Waals surface area contributed by atoms with Crippen LogP contribution in [0.4, 0.5) is 13.2 Å². The number of allylic oxidation sites excluding steroid dienone is 10. The van der Waals surface area contributed by atoms with Crippen molar-refractivity contribution in [3.63, 3.8) is 0 Å². The van der Waals surface area contributed by atoms with Gasteiger partial charge in [-0.25, -0.2) is 4.79 Å². The first kappa shape index (κ1) is 30.7. The Balaban J connectivity index is 2.42. The van der Waals surface area contributed by atoms with Gasteiger partial charge in [-0.1, -0.05) is 67.7 Å². The maximum atomic E-state index is 13.0. The highest BCUT2D eigenvalue weighted by molar-refractivity contribution is 5.93. The summed E-state index contributed by atoms with van der Waals surface area (Å²) in [5.41, 5.74) is -1.25. The molecule has 0 aliphatic rings. The molecular weight excluding hydrogens is 469 g/mol. The van der Waals surface area contributed by atoms with Crippen molar-refractivity contribution in [1.82, 2.24) is 0 Å². The van der Waals surface area contributed by atoms with Crippen molar-refractivity contribution in [2.24, 2.45) is 0 Å². The van der Waals surface area contributed by atoms with E-state index in [1.807, 2.05) is 18.2 Å². The van der Waals surface area contributed by atoms with Gasteiger partial charge < -0.3 is 9.47 Å². The van der Waals surface area contributed by atoms with Gasteiger partial charge in [-0.05, 0) is 63.6 Å². The molecule has 1 aromatic rings. The third-order valence-corrected chi connectivity index (χ3v) is 4.70. The Hall–Kier alpha value is -3.35. The van der Waals surface area contributed by atoms with E-state index in [2.05, 4.69) is 43.4 Å². The van der Waals surface area contributed by atoms with E-state index in [-0.39, 0.29) is 18.6 Å².